The van der Waals surface area contributed by atoms with Crippen LogP contribution in [0.3, 0.4) is 0 Å². The van der Waals surface area contributed by atoms with E-state index in [1.54, 1.807) is 19.1 Å². The van der Waals surface area contributed by atoms with E-state index >= 15 is 0 Å². The number of anilines is 1. The monoisotopic (exact) mass is 355 g/mol. The van der Waals surface area contributed by atoms with Crippen LogP contribution < -0.4 is 5.73 Å². The molecule has 0 saturated carbocycles. The summed E-state index contributed by atoms with van der Waals surface area (Å²) in [6, 6.07) is 5.88. The fourth-order valence-electron chi connectivity index (χ4n) is 1.96. The predicted molar refractivity (Wildman–Crippen MR) is 82.9 cm³/mol. The number of ketones is 1. The number of hydrogen-bond donors (Lipinski definition) is 1. The van der Waals surface area contributed by atoms with E-state index < -0.39 is 11.6 Å². The molecule has 0 spiro atoms. The molecule has 0 amide bonds. The largest absolute Gasteiger partial charge is 0.398 e. The van der Waals surface area contributed by atoms with Crippen LogP contribution in [0.5, 0.6) is 0 Å². The molecule has 0 fully saturated rings. The van der Waals surface area contributed by atoms with Gasteiger partial charge in [0.25, 0.3) is 0 Å². The van der Waals surface area contributed by atoms with Crippen LogP contribution in [0.15, 0.2) is 28.7 Å². The lowest BCUT2D eigenvalue weighted by molar-refractivity contribution is 0.103. The SMILES string of the molecule is Cc1cc(C)c(C(=O)c2cc(Cl)c(Br)cc2F)cc1N. The highest BCUT2D eigenvalue weighted by atomic mass is 79.9. The van der Waals surface area contributed by atoms with Crippen LogP contribution >= 0.6 is 27.5 Å². The molecule has 0 unspecified atom stereocenters. The second-order valence-electron chi connectivity index (χ2n) is 4.60. The highest BCUT2D eigenvalue weighted by Gasteiger charge is 2.18. The summed E-state index contributed by atoms with van der Waals surface area (Å²) in [5.41, 5.74) is 8.27. The van der Waals surface area contributed by atoms with Crippen molar-refractivity contribution >= 4 is 39.0 Å². The van der Waals surface area contributed by atoms with Crippen LogP contribution in [0, 0.1) is 19.7 Å². The first-order valence-electron chi connectivity index (χ1n) is 5.87. The molecule has 0 radical (unpaired) electrons. The van der Waals surface area contributed by atoms with Crippen LogP contribution in [-0.4, -0.2) is 5.78 Å². The molecule has 0 aliphatic rings. The molecular formula is C15H12BrClFNO. The quantitative estimate of drug-likeness (QED) is 0.482. The van der Waals surface area contributed by atoms with Crippen molar-refractivity contribution in [1.29, 1.82) is 0 Å². The van der Waals surface area contributed by atoms with Crippen molar-refractivity contribution in [1.82, 2.24) is 0 Å². The van der Waals surface area contributed by atoms with Gasteiger partial charge >= 0.3 is 0 Å². The Morgan fingerprint density at radius 2 is 1.80 bits per heavy atom. The lowest BCUT2D eigenvalue weighted by atomic mass is 9.96. The molecule has 5 heteroatoms. The normalized spacial score (nSPS) is 10.7. The first-order chi connectivity index (χ1) is 9.31. The maximum absolute atomic E-state index is 13.9. The Balaban J connectivity index is 2.57. The third-order valence-corrected chi connectivity index (χ3v) is 4.31. The second-order valence-corrected chi connectivity index (χ2v) is 5.86. The van der Waals surface area contributed by atoms with Gasteiger partial charge in [-0.05, 0) is 59.1 Å². The Morgan fingerprint density at radius 3 is 2.45 bits per heavy atom. The van der Waals surface area contributed by atoms with Gasteiger partial charge in [-0.3, -0.25) is 4.79 Å². The topological polar surface area (TPSA) is 43.1 Å². The summed E-state index contributed by atoms with van der Waals surface area (Å²) < 4.78 is 14.3. The molecule has 2 aromatic rings. The lowest BCUT2D eigenvalue weighted by Crippen LogP contribution is -2.08. The minimum Gasteiger partial charge on any atom is -0.398 e. The van der Waals surface area contributed by atoms with Crippen molar-refractivity contribution < 1.29 is 9.18 Å². The molecule has 104 valence electrons. The Kier molecular flexibility index (Phi) is 4.16. The number of hydrogen-bond acceptors (Lipinski definition) is 2. The van der Waals surface area contributed by atoms with Crippen molar-refractivity contribution in [2.24, 2.45) is 0 Å². The second kappa shape index (κ2) is 5.54. The number of carbonyl (C=O) groups excluding carboxylic acids is 1. The summed E-state index contributed by atoms with van der Waals surface area (Å²) in [6.45, 7) is 3.64. The van der Waals surface area contributed by atoms with Gasteiger partial charge in [0.1, 0.15) is 5.82 Å². The number of halogens is 3. The summed E-state index contributed by atoms with van der Waals surface area (Å²) in [5.74, 6) is -1.05. The number of aryl methyl sites for hydroxylation is 2. The van der Waals surface area contributed by atoms with E-state index in [1.807, 2.05) is 6.92 Å². The molecule has 2 N–H and O–H groups in total. The van der Waals surface area contributed by atoms with E-state index in [2.05, 4.69) is 15.9 Å². The summed E-state index contributed by atoms with van der Waals surface area (Å²) in [4.78, 5) is 12.4. The zero-order valence-corrected chi connectivity index (χ0v) is 13.3. The number of nitrogen functional groups attached to an aromatic ring is 1. The minimum atomic E-state index is -0.621. The molecule has 0 aliphatic carbocycles. The van der Waals surface area contributed by atoms with Crippen LogP contribution in [0.1, 0.15) is 27.0 Å². The molecule has 0 aliphatic heterocycles. The average Bonchev–Trinajstić information content (AvgIpc) is 2.37. The van der Waals surface area contributed by atoms with Crippen LogP contribution in [0.2, 0.25) is 5.02 Å². The summed E-state index contributed by atoms with van der Waals surface area (Å²) in [7, 11) is 0. The van der Waals surface area contributed by atoms with E-state index in [-0.39, 0.29) is 10.6 Å². The van der Waals surface area contributed by atoms with Gasteiger partial charge in [-0.1, -0.05) is 17.7 Å². The molecule has 0 heterocycles. The van der Waals surface area contributed by atoms with Crippen molar-refractivity contribution in [3.63, 3.8) is 0 Å². The summed E-state index contributed by atoms with van der Waals surface area (Å²) >= 11 is 9.04. The van der Waals surface area contributed by atoms with Gasteiger partial charge < -0.3 is 5.73 Å². The van der Waals surface area contributed by atoms with E-state index in [9.17, 15) is 9.18 Å². The zero-order valence-electron chi connectivity index (χ0n) is 10.9. The fourth-order valence-corrected chi connectivity index (χ4v) is 2.43. The van der Waals surface area contributed by atoms with Crippen molar-refractivity contribution in [3.8, 4) is 0 Å². The van der Waals surface area contributed by atoms with E-state index in [0.29, 0.717) is 15.7 Å². The van der Waals surface area contributed by atoms with Gasteiger partial charge in [-0.2, -0.15) is 0 Å². The van der Waals surface area contributed by atoms with E-state index in [1.165, 1.54) is 12.1 Å². The number of benzene rings is 2. The van der Waals surface area contributed by atoms with E-state index in [0.717, 1.165) is 11.1 Å². The average molecular weight is 357 g/mol. The summed E-state index contributed by atoms with van der Waals surface area (Å²) in [5, 5.41) is 0.285. The third kappa shape index (κ3) is 2.72. The number of nitrogens with two attached hydrogens (primary N) is 1. The van der Waals surface area contributed by atoms with Crippen molar-refractivity contribution in [2.45, 2.75) is 13.8 Å². The third-order valence-electron chi connectivity index (χ3n) is 3.11. The molecule has 0 atom stereocenters. The van der Waals surface area contributed by atoms with Gasteiger partial charge in [-0.25, -0.2) is 4.39 Å². The maximum atomic E-state index is 13.9. The van der Waals surface area contributed by atoms with Gasteiger partial charge in [0.05, 0.1) is 10.6 Å². The zero-order chi connectivity index (χ0) is 15.0. The molecular weight excluding hydrogens is 345 g/mol. The summed E-state index contributed by atoms with van der Waals surface area (Å²) in [6.07, 6.45) is 0. The van der Waals surface area contributed by atoms with Gasteiger partial charge in [0, 0.05) is 15.7 Å². The molecule has 0 aromatic heterocycles. The van der Waals surface area contributed by atoms with Crippen LogP contribution in [0.25, 0.3) is 0 Å². The minimum absolute atomic E-state index is 0.0652. The van der Waals surface area contributed by atoms with Crippen LogP contribution in [-0.2, 0) is 0 Å². The molecule has 2 nitrogen and oxygen atoms in total. The van der Waals surface area contributed by atoms with E-state index in [4.69, 9.17) is 17.3 Å². The van der Waals surface area contributed by atoms with Crippen molar-refractivity contribution in [2.75, 3.05) is 5.73 Å². The Morgan fingerprint density at radius 1 is 1.15 bits per heavy atom. The Bertz CT molecular complexity index is 656. The van der Waals surface area contributed by atoms with Crippen molar-refractivity contribution in [3.05, 3.63) is 61.8 Å². The molecule has 20 heavy (non-hydrogen) atoms. The first kappa shape index (κ1) is 15.0. The van der Waals surface area contributed by atoms with Gasteiger partial charge in [-0.15, -0.1) is 0 Å². The number of carbonyl (C=O) groups is 1. The number of rotatable bonds is 2. The highest BCUT2D eigenvalue weighted by molar-refractivity contribution is 9.10. The molecule has 2 aromatic carbocycles. The molecule has 0 saturated heterocycles. The van der Waals surface area contributed by atoms with Crippen LogP contribution in [0.4, 0.5) is 10.1 Å². The standard InChI is InChI=1S/C15H12BrClFNO/c1-7-3-8(2)14(19)5-9(7)15(20)10-4-12(17)11(16)6-13(10)18/h3-6H,19H2,1-2H3. The van der Waals surface area contributed by atoms with Gasteiger partial charge in [0.2, 0.25) is 0 Å². The van der Waals surface area contributed by atoms with Gasteiger partial charge in [0.15, 0.2) is 5.78 Å². The fraction of sp³-hybridized carbons (Fsp3) is 0.133. The maximum Gasteiger partial charge on any atom is 0.196 e. The lowest BCUT2D eigenvalue weighted by Gasteiger charge is -2.10. The molecule has 2 rings (SSSR count). The predicted octanol–water partition coefficient (Wildman–Crippen LogP) is 4.67. The first-order valence-corrected chi connectivity index (χ1v) is 7.04. The molecule has 0 bridgehead atoms. The Labute approximate surface area is 129 Å². The smallest absolute Gasteiger partial charge is 0.196 e. The highest BCUT2D eigenvalue weighted by Crippen LogP contribution is 2.28. The Hall–Kier alpha value is -1.39.